The number of halogens is 1. The summed E-state index contributed by atoms with van der Waals surface area (Å²) < 4.78 is 1.06. The summed E-state index contributed by atoms with van der Waals surface area (Å²) in [5.41, 5.74) is 0.806. The smallest absolute Gasteiger partial charge is 0.0658 e. The van der Waals surface area contributed by atoms with Crippen molar-refractivity contribution in [1.82, 2.24) is 0 Å². The first-order chi connectivity index (χ1) is 6.59. The minimum atomic E-state index is -0.228. The van der Waals surface area contributed by atoms with Gasteiger partial charge in [-0.25, -0.2) is 0 Å². The van der Waals surface area contributed by atoms with E-state index in [2.05, 4.69) is 28.2 Å². The SMILES string of the molecule is CCC(C)(CO)Nc1ccc(Br)cc1. The molecule has 0 saturated carbocycles. The zero-order chi connectivity index (χ0) is 10.6. The van der Waals surface area contributed by atoms with Gasteiger partial charge < -0.3 is 10.4 Å². The van der Waals surface area contributed by atoms with Crippen molar-refractivity contribution in [2.75, 3.05) is 11.9 Å². The molecule has 78 valence electrons. The summed E-state index contributed by atoms with van der Waals surface area (Å²) in [7, 11) is 0. The van der Waals surface area contributed by atoms with Crippen LogP contribution < -0.4 is 5.32 Å². The Morgan fingerprint density at radius 3 is 2.36 bits per heavy atom. The molecule has 0 aliphatic rings. The van der Waals surface area contributed by atoms with E-state index in [4.69, 9.17) is 0 Å². The highest BCUT2D eigenvalue weighted by Crippen LogP contribution is 2.20. The number of nitrogens with one attached hydrogen (secondary N) is 1. The van der Waals surface area contributed by atoms with E-state index in [-0.39, 0.29) is 12.1 Å². The number of aliphatic hydroxyl groups excluding tert-OH is 1. The first-order valence-electron chi connectivity index (χ1n) is 4.74. The predicted molar refractivity (Wildman–Crippen MR) is 63.5 cm³/mol. The number of hydrogen-bond acceptors (Lipinski definition) is 2. The first-order valence-corrected chi connectivity index (χ1v) is 5.53. The first kappa shape index (κ1) is 11.5. The predicted octanol–water partition coefficient (Wildman–Crippen LogP) is 3.02. The van der Waals surface area contributed by atoms with Crippen molar-refractivity contribution < 1.29 is 5.11 Å². The molecular weight excluding hydrogens is 242 g/mol. The largest absolute Gasteiger partial charge is 0.394 e. The molecule has 1 atom stereocenters. The molecule has 2 nitrogen and oxygen atoms in total. The molecule has 1 aromatic rings. The molecular formula is C11H16BrNO. The monoisotopic (exact) mass is 257 g/mol. The summed E-state index contributed by atoms with van der Waals surface area (Å²) in [6, 6.07) is 7.95. The molecule has 0 aromatic heterocycles. The van der Waals surface area contributed by atoms with Gasteiger partial charge in [-0.15, -0.1) is 0 Å². The van der Waals surface area contributed by atoms with E-state index in [1.165, 1.54) is 0 Å². The van der Waals surface area contributed by atoms with Crippen LogP contribution in [-0.4, -0.2) is 17.3 Å². The highest BCUT2D eigenvalue weighted by molar-refractivity contribution is 9.10. The second-order valence-corrected chi connectivity index (χ2v) is 4.62. The Bertz CT molecular complexity index is 280. The molecule has 0 spiro atoms. The summed E-state index contributed by atoms with van der Waals surface area (Å²) in [5.74, 6) is 0. The molecule has 0 radical (unpaired) electrons. The van der Waals surface area contributed by atoms with Crippen LogP contribution in [0.3, 0.4) is 0 Å². The zero-order valence-electron chi connectivity index (χ0n) is 8.55. The van der Waals surface area contributed by atoms with Crippen molar-refractivity contribution in [1.29, 1.82) is 0 Å². The van der Waals surface area contributed by atoms with Gasteiger partial charge in [-0.2, -0.15) is 0 Å². The van der Waals surface area contributed by atoms with Crippen molar-refractivity contribution in [3.63, 3.8) is 0 Å². The highest BCUT2D eigenvalue weighted by atomic mass is 79.9. The summed E-state index contributed by atoms with van der Waals surface area (Å²) in [6.45, 7) is 4.21. The van der Waals surface area contributed by atoms with Gasteiger partial charge in [0, 0.05) is 10.2 Å². The second-order valence-electron chi connectivity index (χ2n) is 3.70. The fourth-order valence-corrected chi connectivity index (χ4v) is 1.39. The molecule has 1 unspecified atom stereocenters. The van der Waals surface area contributed by atoms with Crippen LogP contribution in [0.15, 0.2) is 28.7 Å². The van der Waals surface area contributed by atoms with Gasteiger partial charge in [-0.1, -0.05) is 22.9 Å². The lowest BCUT2D eigenvalue weighted by Crippen LogP contribution is -2.37. The van der Waals surface area contributed by atoms with Gasteiger partial charge in [0.2, 0.25) is 0 Å². The Morgan fingerprint density at radius 1 is 1.36 bits per heavy atom. The summed E-state index contributed by atoms with van der Waals surface area (Å²) >= 11 is 3.38. The van der Waals surface area contributed by atoms with Crippen molar-refractivity contribution in [3.05, 3.63) is 28.7 Å². The Labute approximate surface area is 93.5 Å². The van der Waals surface area contributed by atoms with Crippen LogP contribution >= 0.6 is 15.9 Å². The standard InChI is InChI=1S/C11H16BrNO/c1-3-11(2,8-14)13-10-6-4-9(12)5-7-10/h4-7,13-14H,3,8H2,1-2H3. The molecule has 0 aliphatic carbocycles. The van der Waals surface area contributed by atoms with Crippen LogP contribution in [0, 0.1) is 0 Å². The van der Waals surface area contributed by atoms with E-state index < -0.39 is 0 Å². The Kier molecular flexibility index (Phi) is 3.96. The maximum absolute atomic E-state index is 9.23. The maximum Gasteiger partial charge on any atom is 0.0658 e. The Morgan fingerprint density at radius 2 is 1.93 bits per heavy atom. The van der Waals surface area contributed by atoms with E-state index in [1.807, 2.05) is 31.2 Å². The Hall–Kier alpha value is -0.540. The van der Waals surface area contributed by atoms with Gasteiger partial charge in [0.15, 0.2) is 0 Å². The number of aliphatic hydroxyl groups is 1. The van der Waals surface area contributed by atoms with Gasteiger partial charge in [-0.05, 0) is 37.6 Å². The van der Waals surface area contributed by atoms with Crippen LogP contribution in [0.1, 0.15) is 20.3 Å². The second kappa shape index (κ2) is 4.80. The molecule has 0 heterocycles. The van der Waals surface area contributed by atoms with Crippen molar-refractivity contribution in [2.24, 2.45) is 0 Å². The minimum absolute atomic E-state index is 0.138. The van der Waals surface area contributed by atoms with Gasteiger partial charge in [0.05, 0.1) is 12.1 Å². The topological polar surface area (TPSA) is 32.3 Å². The quantitative estimate of drug-likeness (QED) is 0.870. The van der Waals surface area contributed by atoms with E-state index in [1.54, 1.807) is 0 Å². The van der Waals surface area contributed by atoms with E-state index >= 15 is 0 Å². The van der Waals surface area contributed by atoms with Crippen LogP contribution in [0.25, 0.3) is 0 Å². The third-order valence-corrected chi connectivity index (χ3v) is 2.95. The van der Waals surface area contributed by atoms with E-state index in [0.717, 1.165) is 16.6 Å². The lowest BCUT2D eigenvalue weighted by molar-refractivity contribution is 0.219. The fourth-order valence-electron chi connectivity index (χ4n) is 1.12. The molecule has 0 bridgehead atoms. The molecule has 0 fully saturated rings. The third kappa shape index (κ3) is 3.00. The summed E-state index contributed by atoms with van der Waals surface area (Å²) in [6.07, 6.45) is 0.888. The van der Waals surface area contributed by atoms with E-state index in [9.17, 15) is 5.11 Å². The maximum atomic E-state index is 9.23. The van der Waals surface area contributed by atoms with E-state index in [0.29, 0.717) is 0 Å². The normalized spacial score (nSPS) is 14.9. The molecule has 1 rings (SSSR count). The summed E-state index contributed by atoms with van der Waals surface area (Å²) in [5, 5.41) is 12.5. The zero-order valence-corrected chi connectivity index (χ0v) is 10.1. The van der Waals surface area contributed by atoms with Gasteiger partial charge in [0.1, 0.15) is 0 Å². The minimum Gasteiger partial charge on any atom is -0.394 e. The van der Waals surface area contributed by atoms with Crippen LogP contribution in [0.4, 0.5) is 5.69 Å². The average Bonchev–Trinajstić information content (AvgIpc) is 2.21. The molecule has 3 heteroatoms. The molecule has 0 aliphatic heterocycles. The fraction of sp³-hybridized carbons (Fsp3) is 0.455. The molecule has 0 saturated heterocycles. The van der Waals surface area contributed by atoms with Crippen LogP contribution in [0.5, 0.6) is 0 Å². The highest BCUT2D eigenvalue weighted by Gasteiger charge is 2.19. The van der Waals surface area contributed by atoms with Crippen molar-refractivity contribution in [3.8, 4) is 0 Å². The Balaban J connectivity index is 2.72. The summed E-state index contributed by atoms with van der Waals surface area (Å²) in [4.78, 5) is 0. The number of anilines is 1. The van der Waals surface area contributed by atoms with Gasteiger partial charge in [0.25, 0.3) is 0 Å². The molecule has 14 heavy (non-hydrogen) atoms. The number of rotatable bonds is 4. The van der Waals surface area contributed by atoms with Crippen LogP contribution in [-0.2, 0) is 0 Å². The molecule has 1 aromatic carbocycles. The lowest BCUT2D eigenvalue weighted by Gasteiger charge is -2.28. The van der Waals surface area contributed by atoms with Crippen molar-refractivity contribution >= 4 is 21.6 Å². The van der Waals surface area contributed by atoms with Gasteiger partial charge >= 0.3 is 0 Å². The molecule has 2 N–H and O–H groups in total. The number of benzene rings is 1. The lowest BCUT2D eigenvalue weighted by atomic mass is 10.00. The molecule has 0 amide bonds. The van der Waals surface area contributed by atoms with Gasteiger partial charge in [-0.3, -0.25) is 0 Å². The average molecular weight is 258 g/mol. The van der Waals surface area contributed by atoms with Crippen molar-refractivity contribution in [2.45, 2.75) is 25.8 Å². The third-order valence-electron chi connectivity index (χ3n) is 2.42. The number of hydrogen-bond donors (Lipinski definition) is 2. The van der Waals surface area contributed by atoms with Crippen LogP contribution in [0.2, 0.25) is 0 Å².